The van der Waals surface area contributed by atoms with E-state index in [9.17, 15) is 14.4 Å². The summed E-state index contributed by atoms with van der Waals surface area (Å²) in [5.74, 6) is 0.622. The smallest absolute Gasteiger partial charge is 0.326 e. The average Bonchev–Trinajstić information content (AvgIpc) is 3.74. The van der Waals surface area contributed by atoms with Crippen molar-refractivity contribution >= 4 is 11.9 Å². The van der Waals surface area contributed by atoms with Crippen LogP contribution in [0.15, 0.2) is 71.7 Å². The molecule has 2 aromatic carbocycles. The molecular formula is C31H37N5O3. The van der Waals surface area contributed by atoms with Gasteiger partial charge in [-0.2, -0.15) is 0 Å². The number of nitrogens with zero attached hydrogens (tertiary/aromatic N) is 3. The Kier molecular flexibility index (Phi) is 7.26. The van der Waals surface area contributed by atoms with Crippen LogP contribution in [-0.4, -0.2) is 57.0 Å². The Labute approximate surface area is 229 Å². The number of urea groups is 1. The van der Waals surface area contributed by atoms with Gasteiger partial charge in [-0.3, -0.25) is 9.36 Å². The predicted octanol–water partition coefficient (Wildman–Crippen LogP) is 4.72. The van der Waals surface area contributed by atoms with E-state index in [0.717, 1.165) is 30.6 Å². The Morgan fingerprint density at radius 3 is 2.26 bits per heavy atom. The number of hydrogen-bond acceptors (Lipinski definition) is 3. The number of amides is 3. The molecule has 204 valence electrons. The Morgan fingerprint density at radius 1 is 0.872 bits per heavy atom. The molecule has 3 heterocycles. The monoisotopic (exact) mass is 527 g/mol. The molecule has 39 heavy (non-hydrogen) atoms. The number of carbonyl (C=O) groups excluding carboxylic acids is 2. The molecule has 2 saturated heterocycles. The van der Waals surface area contributed by atoms with Gasteiger partial charge in [-0.15, -0.1) is 0 Å². The van der Waals surface area contributed by atoms with E-state index in [2.05, 4.69) is 22.4 Å². The minimum atomic E-state index is -0.497. The van der Waals surface area contributed by atoms with Crippen molar-refractivity contribution in [1.82, 2.24) is 24.7 Å². The SMILES string of the molecule is O=C(NC1CCCC(c2ccccc2)N(CC2CC2)C1=O)N1CCC(n2cc(-c3ccccc3)[nH]c2=O)CC1. The van der Waals surface area contributed by atoms with Gasteiger partial charge in [-0.05, 0) is 62.0 Å². The number of rotatable bonds is 6. The van der Waals surface area contributed by atoms with Crippen molar-refractivity contribution in [3.63, 3.8) is 0 Å². The Bertz CT molecular complexity index is 1340. The number of nitrogens with one attached hydrogen (secondary N) is 2. The van der Waals surface area contributed by atoms with Crippen molar-refractivity contribution in [2.75, 3.05) is 19.6 Å². The number of carbonyl (C=O) groups is 2. The minimum absolute atomic E-state index is 0.0374. The second kappa shape index (κ2) is 11.1. The van der Waals surface area contributed by atoms with E-state index >= 15 is 0 Å². The summed E-state index contributed by atoms with van der Waals surface area (Å²) in [5, 5.41) is 3.09. The highest BCUT2D eigenvalue weighted by atomic mass is 16.2. The van der Waals surface area contributed by atoms with Crippen molar-refractivity contribution in [1.29, 1.82) is 0 Å². The highest BCUT2D eigenvalue weighted by Crippen LogP contribution is 2.37. The molecule has 2 aliphatic heterocycles. The fourth-order valence-corrected chi connectivity index (χ4v) is 6.13. The van der Waals surface area contributed by atoms with Crippen LogP contribution in [0.5, 0.6) is 0 Å². The molecule has 0 bridgehead atoms. The summed E-state index contributed by atoms with van der Waals surface area (Å²) in [5.41, 5.74) is 2.83. The molecule has 2 atom stereocenters. The van der Waals surface area contributed by atoms with Gasteiger partial charge in [0.05, 0.1) is 11.7 Å². The van der Waals surface area contributed by atoms with Gasteiger partial charge in [0, 0.05) is 31.9 Å². The molecule has 3 aromatic rings. The molecule has 0 radical (unpaired) electrons. The molecule has 3 fully saturated rings. The number of likely N-dealkylation sites (tertiary alicyclic amines) is 2. The first-order valence-corrected chi connectivity index (χ1v) is 14.3. The van der Waals surface area contributed by atoms with Gasteiger partial charge in [0.15, 0.2) is 0 Å². The second-order valence-corrected chi connectivity index (χ2v) is 11.3. The molecule has 8 heteroatoms. The highest BCUT2D eigenvalue weighted by Gasteiger charge is 2.38. The van der Waals surface area contributed by atoms with Crippen LogP contribution in [0, 0.1) is 5.92 Å². The summed E-state index contributed by atoms with van der Waals surface area (Å²) < 4.78 is 1.77. The maximum atomic E-state index is 13.8. The molecule has 2 N–H and O–H groups in total. The summed E-state index contributed by atoms with van der Waals surface area (Å²) in [6.45, 7) is 1.87. The molecular weight excluding hydrogens is 490 g/mol. The third kappa shape index (κ3) is 5.65. The first-order chi connectivity index (χ1) is 19.1. The van der Waals surface area contributed by atoms with E-state index in [1.54, 1.807) is 9.47 Å². The lowest BCUT2D eigenvalue weighted by Gasteiger charge is -2.35. The first kappa shape index (κ1) is 25.5. The lowest BCUT2D eigenvalue weighted by Crippen LogP contribution is -2.53. The highest BCUT2D eigenvalue weighted by molar-refractivity contribution is 5.87. The zero-order valence-electron chi connectivity index (χ0n) is 22.3. The topological polar surface area (TPSA) is 90.4 Å². The van der Waals surface area contributed by atoms with Crippen molar-refractivity contribution in [2.45, 2.75) is 63.1 Å². The largest absolute Gasteiger partial charge is 0.334 e. The zero-order chi connectivity index (χ0) is 26.8. The van der Waals surface area contributed by atoms with Crippen LogP contribution in [0.2, 0.25) is 0 Å². The third-order valence-electron chi connectivity index (χ3n) is 8.54. The van der Waals surface area contributed by atoms with Crippen LogP contribution in [-0.2, 0) is 4.79 Å². The second-order valence-electron chi connectivity index (χ2n) is 11.3. The number of H-pyrrole nitrogens is 1. The normalized spacial score (nSPS) is 22.5. The fraction of sp³-hybridized carbons (Fsp3) is 0.452. The van der Waals surface area contributed by atoms with Gasteiger partial charge in [-0.1, -0.05) is 60.7 Å². The lowest BCUT2D eigenvalue weighted by atomic mass is 10.0. The summed E-state index contributed by atoms with van der Waals surface area (Å²) in [7, 11) is 0. The van der Waals surface area contributed by atoms with Gasteiger partial charge >= 0.3 is 11.7 Å². The molecule has 2 unspecified atom stereocenters. The molecule has 6 rings (SSSR count). The van der Waals surface area contributed by atoms with Crippen molar-refractivity contribution < 1.29 is 9.59 Å². The van der Waals surface area contributed by atoms with E-state index in [0.29, 0.717) is 38.3 Å². The van der Waals surface area contributed by atoms with Crippen LogP contribution in [0.1, 0.15) is 62.6 Å². The minimum Gasteiger partial charge on any atom is -0.334 e. The number of aromatic nitrogens is 2. The fourth-order valence-electron chi connectivity index (χ4n) is 6.13. The van der Waals surface area contributed by atoms with E-state index < -0.39 is 6.04 Å². The van der Waals surface area contributed by atoms with Crippen molar-refractivity contribution in [2.24, 2.45) is 5.92 Å². The molecule has 1 aromatic heterocycles. The van der Waals surface area contributed by atoms with E-state index in [-0.39, 0.29) is 29.7 Å². The summed E-state index contributed by atoms with van der Waals surface area (Å²) >= 11 is 0. The van der Waals surface area contributed by atoms with Gasteiger partial charge in [-0.25, -0.2) is 9.59 Å². The van der Waals surface area contributed by atoms with Crippen molar-refractivity contribution in [3.05, 3.63) is 82.9 Å². The van der Waals surface area contributed by atoms with E-state index in [1.807, 2.05) is 59.6 Å². The number of piperidine rings is 1. The standard InChI is InChI=1S/C31H37N5O3/c37-29-26(12-7-13-28(24-10-5-2-6-11-24)36(29)20-22-14-15-22)32-30(38)34-18-16-25(17-19-34)35-21-27(33-31(35)39)23-8-3-1-4-9-23/h1-6,8-11,21-22,25-26,28H,7,12-20H2,(H,32,38)(H,33,39). The van der Waals surface area contributed by atoms with Gasteiger partial charge in [0.1, 0.15) is 6.04 Å². The van der Waals surface area contributed by atoms with Crippen molar-refractivity contribution in [3.8, 4) is 11.3 Å². The molecule has 3 aliphatic rings. The molecule has 8 nitrogen and oxygen atoms in total. The Balaban J connectivity index is 1.09. The number of aromatic amines is 1. The molecule has 1 saturated carbocycles. The van der Waals surface area contributed by atoms with Gasteiger partial charge in [0.2, 0.25) is 5.91 Å². The van der Waals surface area contributed by atoms with Crippen LogP contribution in [0.4, 0.5) is 4.79 Å². The number of benzene rings is 2. The van der Waals surface area contributed by atoms with Crippen LogP contribution >= 0.6 is 0 Å². The molecule has 0 spiro atoms. The Hall–Kier alpha value is -3.81. The quantitative estimate of drug-likeness (QED) is 0.486. The summed E-state index contributed by atoms with van der Waals surface area (Å²) in [6, 6.07) is 19.5. The van der Waals surface area contributed by atoms with E-state index in [1.165, 1.54) is 18.4 Å². The number of hydrogen-bond donors (Lipinski definition) is 2. The maximum Gasteiger partial charge on any atom is 0.326 e. The predicted molar refractivity (Wildman–Crippen MR) is 150 cm³/mol. The van der Waals surface area contributed by atoms with Gasteiger partial charge < -0.3 is 20.1 Å². The first-order valence-electron chi connectivity index (χ1n) is 14.3. The number of imidazole rings is 1. The Morgan fingerprint density at radius 2 is 1.56 bits per heavy atom. The van der Waals surface area contributed by atoms with Gasteiger partial charge in [0.25, 0.3) is 0 Å². The zero-order valence-corrected chi connectivity index (χ0v) is 22.3. The third-order valence-corrected chi connectivity index (χ3v) is 8.54. The maximum absolute atomic E-state index is 13.8. The van der Waals surface area contributed by atoms with Crippen LogP contribution < -0.4 is 11.0 Å². The van der Waals surface area contributed by atoms with Crippen LogP contribution in [0.3, 0.4) is 0 Å². The summed E-state index contributed by atoms with van der Waals surface area (Å²) in [6.07, 6.45) is 8.09. The van der Waals surface area contributed by atoms with Crippen LogP contribution in [0.25, 0.3) is 11.3 Å². The molecule has 3 amide bonds. The lowest BCUT2D eigenvalue weighted by molar-refractivity contribution is -0.135. The summed E-state index contributed by atoms with van der Waals surface area (Å²) in [4.78, 5) is 46.5. The molecule has 1 aliphatic carbocycles. The van der Waals surface area contributed by atoms with E-state index in [4.69, 9.17) is 0 Å². The average molecular weight is 528 g/mol.